The Kier molecular flexibility index (Phi) is 3.56. The van der Waals surface area contributed by atoms with Crippen molar-refractivity contribution in [3.63, 3.8) is 0 Å². The molecule has 2 heteroatoms. The first-order valence-corrected chi connectivity index (χ1v) is 10.0. The Bertz CT molecular complexity index is 1060. The van der Waals surface area contributed by atoms with Crippen LogP contribution in [0.1, 0.15) is 47.2 Å². The maximum absolute atomic E-state index is 4.89. The SMILES string of the molecule is Cc1cc(C)cc(-c2cc3[n+](cn2)C(C2CC2C)c2c(C)cc(C)cc2-3)c1. The fourth-order valence-corrected chi connectivity index (χ4v) is 5.08. The molecule has 1 aliphatic carbocycles. The lowest BCUT2D eigenvalue weighted by Gasteiger charge is -2.13. The van der Waals surface area contributed by atoms with Crippen molar-refractivity contribution in [2.75, 3.05) is 0 Å². The molecule has 2 aromatic carbocycles. The highest BCUT2D eigenvalue weighted by Gasteiger charge is 2.49. The van der Waals surface area contributed by atoms with Gasteiger partial charge in [0.15, 0.2) is 5.69 Å². The molecule has 2 nitrogen and oxygen atoms in total. The number of nitrogens with zero attached hydrogens (tertiary/aromatic N) is 2. The second kappa shape index (κ2) is 5.76. The maximum Gasteiger partial charge on any atom is 0.287 e. The first kappa shape index (κ1) is 16.7. The zero-order valence-electron chi connectivity index (χ0n) is 16.9. The third kappa shape index (κ3) is 2.62. The molecule has 1 saturated carbocycles. The van der Waals surface area contributed by atoms with E-state index in [1.165, 1.54) is 51.1 Å². The molecular weight excluding hydrogens is 328 g/mol. The van der Waals surface area contributed by atoms with E-state index in [1.807, 2.05) is 0 Å². The fourth-order valence-electron chi connectivity index (χ4n) is 5.08. The lowest BCUT2D eigenvalue weighted by Crippen LogP contribution is -2.40. The average Bonchev–Trinajstić information content (AvgIpc) is 3.22. The summed E-state index contributed by atoms with van der Waals surface area (Å²) in [5.41, 5.74) is 11.9. The highest BCUT2D eigenvalue weighted by atomic mass is 15.1. The van der Waals surface area contributed by atoms with Gasteiger partial charge >= 0.3 is 0 Å². The molecule has 2 heterocycles. The van der Waals surface area contributed by atoms with E-state index in [-0.39, 0.29) is 0 Å². The molecule has 1 aromatic heterocycles. The summed E-state index contributed by atoms with van der Waals surface area (Å²) in [5.74, 6) is 1.55. The van der Waals surface area contributed by atoms with Gasteiger partial charge in [0.1, 0.15) is 11.7 Å². The minimum absolute atomic E-state index is 0.450. The second-order valence-electron chi connectivity index (χ2n) is 8.81. The van der Waals surface area contributed by atoms with Gasteiger partial charge < -0.3 is 0 Å². The molecule has 1 fully saturated rings. The molecule has 136 valence electrons. The Morgan fingerprint density at radius 2 is 1.56 bits per heavy atom. The zero-order valence-corrected chi connectivity index (χ0v) is 16.9. The fraction of sp³-hybridized carbons (Fsp3) is 0.360. The van der Waals surface area contributed by atoms with Crippen LogP contribution in [0.4, 0.5) is 0 Å². The largest absolute Gasteiger partial charge is 0.287 e. The molecular formula is C25H27N2+. The predicted octanol–water partition coefficient (Wildman–Crippen LogP) is 5.50. The summed E-state index contributed by atoms with van der Waals surface area (Å²) in [7, 11) is 0. The number of aromatic nitrogens is 2. The Morgan fingerprint density at radius 3 is 2.22 bits per heavy atom. The first-order valence-electron chi connectivity index (χ1n) is 10.0. The van der Waals surface area contributed by atoms with E-state index in [1.54, 1.807) is 0 Å². The number of hydrogen-bond acceptors (Lipinski definition) is 1. The van der Waals surface area contributed by atoms with Crippen LogP contribution >= 0.6 is 0 Å². The number of fused-ring (bicyclic) bond motifs is 3. The van der Waals surface area contributed by atoms with Crippen LogP contribution in [-0.4, -0.2) is 4.98 Å². The Balaban J connectivity index is 1.72. The van der Waals surface area contributed by atoms with Crippen molar-refractivity contribution in [1.29, 1.82) is 0 Å². The van der Waals surface area contributed by atoms with Gasteiger partial charge in [-0.2, -0.15) is 0 Å². The van der Waals surface area contributed by atoms with Crippen molar-refractivity contribution < 1.29 is 4.57 Å². The monoisotopic (exact) mass is 355 g/mol. The lowest BCUT2D eigenvalue weighted by atomic mass is 9.92. The van der Waals surface area contributed by atoms with Crippen LogP contribution in [0, 0.1) is 39.5 Å². The van der Waals surface area contributed by atoms with E-state index in [0.717, 1.165) is 17.5 Å². The quantitative estimate of drug-likeness (QED) is 0.555. The van der Waals surface area contributed by atoms with Crippen LogP contribution in [0.2, 0.25) is 0 Å². The molecule has 27 heavy (non-hydrogen) atoms. The van der Waals surface area contributed by atoms with Gasteiger partial charge in [-0.15, -0.1) is 0 Å². The molecule has 3 atom stereocenters. The van der Waals surface area contributed by atoms with Crippen LogP contribution in [0.3, 0.4) is 0 Å². The van der Waals surface area contributed by atoms with Gasteiger partial charge in [0.25, 0.3) is 6.33 Å². The maximum atomic E-state index is 4.89. The van der Waals surface area contributed by atoms with E-state index in [9.17, 15) is 0 Å². The van der Waals surface area contributed by atoms with Gasteiger partial charge in [-0.3, -0.25) is 0 Å². The first-order chi connectivity index (χ1) is 12.9. The summed E-state index contributed by atoms with van der Waals surface area (Å²) in [4.78, 5) is 4.89. The van der Waals surface area contributed by atoms with E-state index < -0.39 is 0 Å². The standard InChI is InChI=1S/C25H27N2/c1-14-6-15(2)9-19(8-14)22-12-23-21-10-16(3)7-18(5)24(21)25(20-11-17(20)4)27(23)13-26-22/h6-10,12-13,17,20,25H,11H2,1-5H3/q+1. The second-order valence-corrected chi connectivity index (χ2v) is 8.81. The molecule has 0 amide bonds. The van der Waals surface area contributed by atoms with Gasteiger partial charge in [-0.05, 0) is 68.8 Å². The molecule has 3 unspecified atom stereocenters. The number of benzene rings is 2. The summed E-state index contributed by atoms with van der Waals surface area (Å²) in [5, 5.41) is 0. The van der Waals surface area contributed by atoms with Crippen molar-refractivity contribution in [2.24, 2.45) is 11.8 Å². The van der Waals surface area contributed by atoms with E-state index in [0.29, 0.717) is 6.04 Å². The minimum atomic E-state index is 0.450. The van der Waals surface area contributed by atoms with Gasteiger partial charge in [-0.1, -0.05) is 35.7 Å². The van der Waals surface area contributed by atoms with Crippen molar-refractivity contribution in [2.45, 2.75) is 47.1 Å². The predicted molar refractivity (Wildman–Crippen MR) is 110 cm³/mol. The summed E-state index contributed by atoms with van der Waals surface area (Å²) < 4.78 is 2.44. The molecule has 0 N–H and O–H groups in total. The number of hydrogen-bond donors (Lipinski definition) is 0. The molecule has 3 aromatic rings. The zero-order chi connectivity index (χ0) is 18.9. The lowest BCUT2D eigenvalue weighted by molar-refractivity contribution is -0.704. The Morgan fingerprint density at radius 1 is 0.889 bits per heavy atom. The van der Waals surface area contributed by atoms with Crippen LogP contribution in [0.5, 0.6) is 0 Å². The van der Waals surface area contributed by atoms with Crippen molar-refractivity contribution in [1.82, 2.24) is 4.98 Å². The van der Waals surface area contributed by atoms with Crippen LogP contribution in [0.15, 0.2) is 42.7 Å². The summed E-state index contributed by atoms with van der Waals surface area (Å²) in [6.07, 6.45) is 3.41. The Labute approximate surface area is 161 Å². The van der Waals surface area contributed by atoms with Crippen molar-refractivity contribution in [3.05, 3.63) is 70.5 Å². The van der Waals surface area contributed by atoms with E-state index >= 15 is 0 Å². The smallest absolute Gasteiger partial charge is 0.222 e. The van der Waals surface area contributed by atoms with Gasteiger partial charge in [0.05, 0.1) is 0 Å². The third-order valence-electron chi connectivity index (χ3n) is 6.37. The van der Waals surface area contributed by atoms with E-state index in [2.05, 4.69) is 81.9 Å². The minimum Gasteiger partial charge on any atom is -0.222 e. The topological polar surface area (TPSA) is 16.8 Å². The molecule has 0 spiro atoms. The van der Waals surface area contributed by atoms with Gasteiger partial charge in [0.2, 0.25) is 0 Å². The molecule has 2 aliphatic rings. The van der Waals surface area contributed by atoms with Crippen LogP contribution in [0.25, 0.3) is 22.5 Å². The third-order valence-corrected chi connectivity index (χ3v) is 6.37. The number of aryl methyl sites for hydroxylation is 4. The summed E-state index contributed by atoms with van der Waals surface area (Å²) in [6, 6.07) is 14.2. The van der Waals surface area contributed by atoms with E-state index in [4.69, 9.17) is 4.98 Å². The van der Waals surface area contributed by atoms with Crippen molar-refractivity contribution in [3.8, 4) is 22.5 Å². The van der Waals surface area contributed by atoms with Gasteiger partial charge in [-0.25, -0.2) is 4.57 Å². The molecule has 5 rings (SSSR count). The molecule has 1 aliphatic heterocycles. The average molecular weight is 356 g/mol. The molecule has 0 saturated heterocycles. The normalized spacial score (nSPS) is 22.5. The van der Waals surface area contributed by atoms with Crippen LogP contribution in [-0.2, 0) is 0 Å². The van der Waals surface area contributed by atoms with Crippen LogP contribution < -0.4 is 4.57 Å². The highest BCUT2D eigenvalue weighted by Crippen LogP contribution is 2.52. The molecule has 0 radical (unpaired) electrons. The van der Waals surface area contributed by atoms with Crippen molar-refractivity contribution >= 4 is 0 Å². The summed E-state index contributed by atoms with van der Waals surface area (Å²) in [6.45, 7) is 11.2. The summed E-state index contributed by atoms with van der Waals surface area (Å²) >= 11 is 0. The highest BCUT2D eigenvalue weighted by molar-refractivity contribution is 5.72. The number of rotatable bonds is 2. The molecule has 0 bridgehead atoms. The Hall–Kier alpha value is -2.48. The van der Waals surface area contributed by atoms with Gasteiger partial charge in [0, 0.05) is 28.7 Å².